The number of fused-ring (bicyclic) bond motifs is 9. The fourth-order valence-corrected chi connectivity index (χ4v) is 6.66. The van der Waals surface area contributed by atoms with Crippen LogP contribution in [0.3, 0.4) is 0 Å². The van der Waals surface area contributed by atoms with Gasteiger partial charge in [-0.1, -0.05) is 109 Å². The first-order valence-corrected chi connectivity index (χ1v) is 11.5. The van der Waals surface area contributed by atoms with Crippen LogP contribution in [0.2, 0.25) is 0 Å². The lowest BCUT2D eigenvalue weighted by molar-refractivity contribution is 0.747. The van der Waals surface area contributed by atoms with Crippen molar-refractivity contribution in [3.63, 3.8) is 0 Å². The van der Waals surface area contributed by atoms with Gasteiger partial charge >= 0.3 is 0 Å². The third-order valence-corrected chi connectivity index (χ3v) is 7.81. The lowest BCUT2D eigenvalue weighted by Crippen LogP contribution is -2.32. The summed E-state index contributed by atoms with van der Waals surface area (Å²) in [4.78, 5) is 2.54. The van der Waals surface area contributed by atoms with E-state index in [9.17, 15) is 0 Å². The second-order valence-corrected chi connectivity index (χ2v) is 9.17. The van der Waals surface area contributed by atoms with Gasteiger partial charge < -0.3 is 0 Å². The first-order chi connectivity index (χ1) is 15.3. The van der Waals surface area contributed by atoms with E-state index in [1.165, 1.54) is 54.0 Å². The van der Waals surface area contributed by atoms with Crippen molar-refractivity contribution in [2.75, 3.05) is 0 Å². The van der Waals surface area contributed by atoms with Gasteiger partial charge in [0.2, 0.25) is 0 Å². The van der Waals surface area contributed by atoms with E-state index in [-0.39, 0.29) is 5.41 Å². The van der Waals surface area contributed by atoms with E-state index in [4.69, 9.17) is 0 Å². The van der Waals surface area contributed by atoms with Crippen molar-refractivity contribution in [1.29, 1.82) is 0 Å². The number of hydrogen-bond donors (Lipinski definition) is 0. The second kappa shape index (κ2) is 6.90. The zero-order valence-corrected chi connectivity index (χ0v) is 18.2. The van der Waals surface area contributed by atoms with Gasteiger partial charge in [-0.05, 0) is 50.2 Å². The van der Waals surface area contributed by atoms with Crippen LogP contribution >= 0.6 is 11.8 Å². The second-order valence-electron chi connectivity index (χ2n) is 8.09. The molecule has 146 valence electrons. The predicted octanol–water partition coefficient (Wildman–Crippen LogP) is 6.85. The molecular formula is C29H21BS. The molecule has 4 aromatic rings. The Labute approximate surface area is 188 Å². The maximum atomic E-state index is 4.21. The largest absolute Gasteiger partial charge is 0.129 e. The Kier molecular flexibility index (Phi) is 4.13. The Bertz CT molecular complexity index is 1440. The van der Waals surface area contributed by atoms with E-state index >= 15 is 0 Å². The van der Waals surface area contributed by atoms with Crippen molar-refractivity contribution in [2.45, 2.75) is 10.3 Å². The summed E-state index contributed by atoms with van der Waals surface area (Å²) in [6, 6.07) is 31.2. The maximum absolute atomic E-state index is 4.21. The quantitative estimate of drug-likeness (QED) is 0.325. The SMILES string of the molecule is B/C=C\C1=C(C=C)Sc2ccccc2C12c1ccccc1-c1ccc3ccccc3c12. The van der Waals surface area contributed by atoms with Gasteiger partial charge in [0.1, 0.15) is 7.85 Å². The van der Waals surface area contributed by atoms with Crippen LogP contribution in [0.4, 0.5) is 0 Å². The summed E-state index contributed by atoms with van der Waals surface area (Å²) in [6.45, 7) is 4.21. The molecule has 1 aliphatic heterocycles. The van der Waals surface area contributed by atoms with Crippen LogP contribution in [0.5, 0.6) is 0 Å². The standard InChI is InChI=1S/C29H21BS/c1-2-26-25(17-18-30)29(24-13-7-8-14-27(24)31-26)23-12-6-5-11-21(23)22-16-15-19-9-3-4-10-20(19)28(22)29/h2-18H,1,30H2/b18-17-. The van der Waals surface area contributed by atoms with Crippen LogP contribution in [-0.2, 0) is 5.41 Å². The summed E-state index contributed by atoms with van der Waals surface area (Å²) in [7, 11) is 2.11. The van der Waals surface area contributed by atoms with E-state index in [2.05, 4.69) is 111 Å². The number of benzene rings is 4. The highest BCUT2D eigenvalue weighted by Crippen LogP contribution is 2.63. The van der Waals surface area contributed by atoms with Gasteiger partial charge in [0.05, 0.1) is 5.41 Å². The van der Waals surface area contributed by atoms with Crippen molar-refractivity contribution in [3.8, 4) is 11.1 Å². The Morgan fingerprint density at radius 1 is 0.774 bits per heavy atom. The fraction of sp³-hybridized carbons (Fsp3) is 0.0345. The zero-order chi connectivity index (χ0) is 21.0. The number of allylic oxidation sites excluding steroid dienone is 3. The summed E-state index contributed by atoms with van der Waals surface area (Å²) in [6.07, 6.45) is 4.33. The molecule has 4 aromatic carbocycles. The summed E-state index contributed by atoms with van der Waals surface area (Å²) in [5.41, 5.74) is 7.74. The van der Waals surface area contributed by atoms with Crippen LogP contribution in [-0.4, -0.2) is 7.85 Å². The molecule has 0 bridgehead atoms. The third-order valence-electron chi connectivity index (χ3n) is 6.62. The normalized spacial score (nSPS) is 19.0. The summed E-state index contributed by atoms with van der Waals surface area (Å²) in [5.74, 6) is 2.17. The molecule has 0 aromatic heterocycles. The van der Waals surface area contributed by atoms with Gasteiger partial charge in [-0.2, -0.15) is 0 Å². The van der Waals surface area contributed by atoms with E-state index in [1.54, 1.807) is 0 Å². The minimum absolute atomic E-state index is 0.356. The first-order valence-electron chi connectivity index (χ1n) is 10.7. The molecule has 1 atom stereocenters. The highest BCUT2D eigenvalue weighted by Gasteiger charge is 2.51. The lowest BCUT2D eigenvalue weighted by atomic mass is 9.65. The average Bonchev–Trinajstić information content (AvgIpc) is 3.12. The Morgan fingerprint density at radius 3 is 2.35 bits per heavy atom. The van der Waals surface area contributed by atoms with Crippen molar-refractivity contribution in [3.05, 3.63) is 137 Å². The van der Waals surface area contributed by atoms with Gasteiger partial charge in [0.15, 0.2) is 0 Å². The van der Waals surface area contributed by atoms with Gasteiger partial charge in [-0.25, -0.2) is 0 Å². The minimum Gasteiger partial charge on any atom is -0.123 e. The number of thioether (sulfide) groups is 1. The molecule has 2 aliphatic rings. The van der Waals surface area contributed by atoms with Crippen LogP contribution < -0.4 is 0 Å². The summed E-state index contributed by atoms with van der Waals surface area (Å²) >= 11 is 1.83. The molecule has 0 nitrogen and oxygen atoms in total. The Balaban J connectivity index is 1.91. The molecule has 0 N–H and O–H groups in total. The van der Waals surface area contributed by atoms with Gasteiger partial charge in [-0.15, -0.1) is 5.98 Å². The molecule has 1 unspecified atom stereocenters. The first kappa shape index (κ1) is 18.5. The van der Waals surface area contributed by atoms with Gasteiger partial charge in [0.25, 0.3) is 0 Å². The van der Waals surface area contributed by atoms with Crippen LogP contribution in [0.1, 0.15) is 16.7 Å². The van der Waals surface area contributed by atoms with Gasteiger partial charge in [-0.3, -0.25) is 0 Å². The van der Waals surface area contributed by atoms with Crippen LogP contribution in [0.25, 0.3) is 21.9 Å². The van der Waals surface area contributed by atoms with Crippen molar-refractivity contribution in [1.82, 2.24) is 0 Å². The summed E-state index contributed by atoms with van der Waals surface area (Å²) in [5, 5.41) is 2.60. The molecule has 1 aliphatic carbocycles. The highest BCUT2D eigenvalue weighted by molar-refractivity contribution is 8.03. The van der Waals surface area contributed by atoms with E-state index < -0.39 is 0 Å². The molecule has 0 fully saturated rings. The molecule has 1 spiro atoms. The average molecular weight is 412 g/mol. The molecule has 2 heteroatoms. The number of hydrogen-bond acceptors (Lipinski definition) is 1. The smallest absolute Gasteiger partial charge is 0.123 e. The highest BCUT2D eigenvalue weighted by atomic mass is 32.2. The van der Waals surface area contributed by atoms with Gasteiger partial charge in [0, 0.05) is 9.80 Å². The van der Waals surface area contributed by atoms with Crippen molar-refractivity contribution < 1.29 is 0 Å². The zero-order valence-electron chi connectivity index (χ0n) is 17.4. The van der Waals surface area contributed by atoms with E-state index in [0.29, 0.717) is 0 Å². The van der Waals surface area contributed by atoms with Crippen molar-refractivity contribution in [2.24, 2.45) is 0 Å². The van der Waals surface area contributed by atoms with Crippen molar-refractivity contribution >= 4 is 30.4 Å². The van der Waals surface area contributed by atoms with Crippen LogP contribution in [0, 0.1) is 0 Å². The maximum Gasteiger partial charge on any atom is 0.129 e. The predicted molar refractivity (Wildman–Crippen MR) is 136 cm³/mol. The minimum atomic E-state index is -0.356. The monoisotopic (exact) mass is 412 g/mol. The molecule has 0 saturated carbocycles. The molecular weight excluding hydrogens is 391 g/mol. The summed E-state index contributed by atoms with van der Waals surface area (Å²) < 4.78 is 0. The molecule has 0 saturated heterocycles. The lowest BCUT2D eigenvalue weighted by Gasteiger charge is -2.40. The third kappa shape index (κ3) is 2.34. The fourth-order valence-electron chi connectivity index (χ4n) is 5.53. The molecule has 31 heavy (non-hydrogen) atoms. The Morgan fingerprint density at radius 2 is 1.52 bits per heavy atom. The van der Waals surface area contributed by atoms with E-state index in [0.717, 1.165) is 0 Å². The Hall–Kier alpha value is -3.23. The molecule has 1 heterocycles. The van der Waals surface area contributed by atoms with E-state index in [1.807, 2.05) is 17.8 Å². The topological polar surface area (TPSA) is 0 Å². The molecule has 0 radical (unpaired) electrons. The molecule has 0 amide bonds. The number of rotatable bonds is 2. The molecule has 6 rings (SSSR count). The van der Waals surface area contributed by atoms with Crippen LogP contribution in [0.15, 0.2) is 125 Å².